The van der Waals surface area contributed by atoms with E-state index in [0.29, 0.717) is 33.9 Å². The first-order chi connectivity index (χ1) is 12.5. The first-order valence-electron chi connectivity index (χ1n) is 8.34. The molecule has 1 saturated heterocycles. The van der Waals surface area contributed by atoms with Crippen LogP contribution in [0.1, 0.15) is 5.56 Å². The Morgan fingerprint density at radius 3 is 2.27 bits per heavy atom. The lowest BCUT2D eigenvalue weighted by Crippen LogP contribution is -2.49. The van der Waals surface area contributed by atoms with Crippen LogP contribution in [0.25, 0.3) is 0 Å². The van der Waals surface area contributed by atoms with Gasteiger partial charge < -0.3 is 9.64 Å². The van der Waals surface area contributed by atoms with Gasteiger partial charge in [0, 0.05) is 37.7 Å². The van der Waals surface area contributed by atoms with E-state index in [1.54, 1.807) is 24.3 Å². The number of piperazine rings is 1. The van der Waals surface area contributed by atoms with Crippen molar-refractivity contribution in [2.75, 3.05) is 32.8 Å². The number of carbonyl (C=O) groups excluding carboxylic acids is 1. The predicted molar refractivity (Wildman–Crippen MR) is 105 cm³/mol. The lowest BCUT2D eigenvalue weighted by Gasteiger charge is -2.34. The van der Waals surface area contributed by atoms with Gasteiger partial charge in [0.2, 0.25) is 0 Å². The minimum atomic E-state index is -0.00543. The van der Waals surface area contributed by atoms with E-state index in [0.717, 1.165) is 25.2 Å². The van der Waals surface area contributed by atoms with E-state index in [-0.39, 0.29) is 12.5 Å². The van der Waals surface area contributed by atoms with Crippen molar-refractivity contribution in [1.82, 2.24) is 9.80 Å². The van der Waals surface area contributed by atoms with Gasteiger partial charge in [-0.15, -0.1) is 0 Å². The van der Waals surface area contributed by atoms with Crippen LogP contribution in [0.5, 0.6) is 5.75 Å². The summed E-state index contributed by atoms with van der Waals surface area (Å²) < 4.78 is 5.53. The van der Waals surface area contributed by atoms with E-state index >= 15 is 0 Å². The molecule has 4 nitrogen and oxygen atoms in total. The Bertz CT molecular complexity index is 760. The highest BCUT2D eigenvalue weighted by atomic mass is 35.5. The number of hydrogen-bond donors (Lipinski definition) is 0. The number of benzene rings is 2. The van der Waals surface area contributed by atoms with Crippen LogP contribution in [0.3, 0.4) is 0 Å². The molecule has 2 aromatic carbocycles. The first kappa shape index (κ1) is 19.3. The molecule has 0 spiro atoms. The molecule has 1 fully saturated rings. The molecular weight excluding hydrogens is 395 g/mol. The van der Waals surface area contributed by atoms with Crippen LogP contribution in [0.2, 0.25) is 15.1 Å². The van der Waals surface area contributed by atoms with Crippen LogP contribution in [0.4, 0.5) is 0 Å². The molecule has 0 unspecified atom stereocenters. The third kappa shape index (κ3) is 5.27. The fraction of sp³-hybridized carbons (Fsp3) is 0.316. The maximum Gasteiger partial charge on any atom is 0.260 e. The molecule has 1 heterocycles. The van der Waals surface area contributed by atoms with Gasteiger partial charge in [-0.2, -0.15) is 0 Å². The summed E-state index contributed by atoms with van der Waals surface area (Å²) in [6.07, 6.45) is 0. The van der Waals surface area contributed by atoms with Crippen LogP contribution in [-0.2, 0) is 11.3 Å². The fourth-order valence-electron chi connectivity index (χ4n) is 2.82. The van der Waals surface area contributed by atoms with Crippen molar-refractivity contribution in [3.05, 3.63) is 63.1 Å². The third-order valence-electron chi connectivity index (χ3n) is 4.29. The average Bonchev–Trinajstić information content (AvgIpc) is 2.65. The van der Waals surface area contributed by atoms with Gasteiger partial charge in [0.05, 0.1) is 10.0 Å². The minimum absolute atomic E-state index is 0.00543. The Hall–Kier alpha value is -1.46. The van der Waals surface area contributed by atoms with E-state index in [1.807, 2.05) is 23.1 Å². The van der Waals surface area contributed by atoms with Gasteiger partial charge in [0.25, 0.3) is 5.91 Å². The molecule has 2 aromatic rings. The average molecular weight is 414 g/mol. The van der Waals surface area contributed by atoms with Gasteiger partial charge in [0.15, 0.2) is 6.61 Å². The summed E-state index contributed by atoms with van der Waals surface area (Å²) in [5.41, 5.74) is 1.12. The molecule has 1 amide bonds. The summed E-state index contributed by atoms with van der Waals surface area (Å²) in [5.74, 6) is 0.634. The lowest BCUT2D eigenvalue weighted by atomic mass is 10.2. The van der Waals surface area contributed by atoms with Gasteiger partial charge in [-0.25, -0.2) is 0 Å². The Balaban J connectivity index is 1.44. The normalized spacial score (nSPS) is 15.1. The monoisotopic (exact) mass is 412 g/mol. The number of ether oxygens (including phenoxy) is 1. The predicted octanol–water partition coefficient (Wildman–Crippen LogP) is 4.37. The van der Waals surface area contributed by atoms with Crippen molar-refractivity contribution in [3.63, 3.8) is 0 Å². The first-order valence-corrected chi connectivity index (χ1v) is 9.47. The molecule has 7 heteroatoms. The van der Waals surface area contributed by atoms with Crippen molar-refractivity contribution < 1.29 is 9.53 Å². The molecule has 0 radical (unpaired) electrons. The van der Waals surface area contributed by atoms with Gasteiger partial charge in [-0.05, 0) is 42.0 Å². The van der Waals surface area contributed by atoms with Gasteiger partial charge in [-0.3, -0.25) is 9.69 Å². The second-order valence-electron chi connectivity index (χ2n) is 6.15. The summed E-state index contributed by atoms with van der Waals surface area (Å²) >= 11 is 17.9. The molecule has 138 valence electrons. The second kappa shape index (κ2) is 8.96. The fourth-order valence-corrected chi connectivity index (χ4v) is 3.27. The highest BCUT2D eigenvalue weighted by Gasteiger charge is 2.21. The quantitative estimate of drug-likeness (QED) is 0.730. The minimum Gasteiger partial charge on any atom is -0.484 e. The summed E-state index contributed by atoms with van der Waals surface area (Å²) in [5, 5.41) is 1.77. The summed E-state index contributed by atoms with van der Waals surface area (Å²) in [6, 6.07) is 12.7. The largest absolute Gasteiger partial charge is 0.484 e. The molecule has 0 bridgehead atoms. The molecule has 1 aliphatic rings. The zero-order chi connectivity index (χ0) is 18.5. The molecule has 0 N–H and O–H groups in total. The van der Waals surface area contributed by atoms with Crippen LogP contribution in [0, 0.1) is 0 Å². The van der Waals surface area contributed by atoms with Crippen molar-refractivity contribution in [3.8, 4) is 5.75 Å². The molecule has 3 rings (SSSR count). The highest BCUT2D eigenvalue weighted by molar-refractivity contribution is 6.42. The standard InChI is InChI=1S/C19H19Cl3N2O2/c20-15-2-4-16(5-3-15)26-13-19(25)24-9-7-23(8-10-24)12-14-1-6-17(21)18(22)11-14/h1-6,11H,7-10,12-13H2. The zero-order valence-electron chi connectivity index (χ0n) is 14.1. The molecule has 0 atom stereocenters. The number of rotatable bonds is 5. The Labute approximate surface area is 168 Å². The molecule has 0 aliphatic carbocycles. The van der Waals surface area contributed by atoms with E-state index < -0.39 is 0 Å². The number of hydrogen-bond acceptors (Lipinski definition) is 3. The Kier molecular flexibility index (Phi) is 6.65. The van der Waals surface area contributed by atoms with Crippen LogP contribution in [0.15, 0.2) is 42.5 Å². The summed E-state index contributed by atoms with van der Waals surface area (Å²) in [4.78, 5) is 16.4. The second-order valence-corrected chi connectivity index (χ2v) is 7.40. The third-order valence-corrected chi connectivity index (χ3v) is 5.28. The van der Waals surface area contributed by atoms with E-state index in [2.05, 4.69) is 4.90 Å². The smallest absolute Gasteiger partial charge is 0.260 e. The summed E-state index contributed by atoms with van der Waals surface area (Å²) in [6.45, 7) is 3.82. The molecule has 0 aromatic heterocycles. The van der Waals surface area contributed by atoms with Crippen LogP contribution in [-0.4, -0.2) is 48.5 Å². The topological polar surface area (TPSA) is 32.8 Å². The van der Waals surface area contributed by atoms with Crippen molar-refractivity contribution in [2.24, 2.45) is 0 Å². The Morgan fingerprint density at radius 1 is 0.923 bits per heavy atom. The lowest BCUT2D eigenvalue weighted by molar-refractivity contribution is -0.135. The maximum atomic E-state index is 12.3. The maximum absolute atomic E-state index is 12.3. The van der Waals surface area contributed by atoms with E-state index in [1.165, 1.54) is 0 Å². The van der Waals surface area contributed by atoms with Crippen molar-refractivity contribution in [1.29, 1.82) is 0 Å². The van der Waals surface area contributed by atoms with Gasteiger partial charge in [0.1, 0.15) is 5.75 Å². The van der Waals surface area contributed by atoms with Gasteiger partial charge in [-0.1, -0.05) is 40.9 Å². The SMILES string of the molecule is O=C(COc1ccc(Cl)cc1)N1CCN(Cc2ccc(Cl)c(Cl)c2)CC1. The molecule has 0 saturated carbocycles. The number of nitrogens with zero attached hydrogens (tertiary/aromatic N) is 2. The Morgan fingerprint density at radius 2 is 1.62 bits per heavy atom. The van der Waals surface area contributed by atoms with Crippen LogP contribution >= 0.6 is 34.8 Å². The summed E-state index contributed by atoms with van der Waals surface area (Å²) in [7, 11) is 0. The number of carbonyl (C=O) groups is 1. The molecule has 1 aliphatic heterocycles. The van der Waals surface area contributed by atoms with Crippen LogP contribution < -0.4 is 4.74 Å². The molecule has 26 heavy (non-hydrogen) atoms. The highest BCUT2D eigenvalue weighted by Crippen LogP contribution is 2.23. The number of halogens is 3. The van der Waals surface area contributed by atoms with Crippen molar-refractivity contribution in [2.45, 2.75) is 6.54 Å². The molecular formula is C19H19Cl3N2O2. The zero-order valence-corrected chi connectivity index (χ0v) is 16.4. The van der Waals surface area contributed by atoms with Gasteiger partial charge >= 0.3 is 0 Å². The van der Waals surface area contributed by atoms with E-state index in [4.69, 9.17) is 39.5 Å². The van der Waals surface area contributed by atoms with Crippen molar-refractivity contribution >= 4 is 40.7 Å². The number of amides is 1. The van der Waals surface area contributed by atoms with E-state index in [9.17, 15) is 4.79 Å².